The van der Waals surface area contributed by atoms with Crippen molar-refractivity contribution in [2.24, 2.45) is 0 Å². The largest absolute Gasteiger partial charge is 0.489 e. The summed E-state index contributed by atoms with van der Waals surface area (Å²) in [6, 6.07) is 7.10. The normalized spacial score (nSPS) is 13.7. The molecule has 0 spiro atoms. The Kier molecular flexibility index (Phi) is 6.73. The first-order valence-corrected chi connectivity index (χ1v) is 9.71. The van der Waals surface area contributed by atoms with E-state index >= 15 is 0 Å². The number of carbonyl (C=O) groups excluding carboxylic acids is 2. The van der Waals surface area contributed by atoms with Gasteiger partial charge in [-0.1, -0.05) is 0 Å². The molecule has 0 saturated heterocycles. The van der Waals surface area contributed by atoms with Crippen molar-refractivity contribution in [2.75, 3.05) is 32.1 Å². The quantitative estimate of drug-likeness (QED) is 0.599. The first-order valence-electron chi connectivity index (χ1n) is 9.71. The number of β-amino-alcohol motifs (C(OH)–C–C–N with tert-alkyl or cyclic N) is 1. The lowest BCUT2D eigenvalue weighted by atomic mass is 10.2. The zero-order valence-electron chi connectivity index (χ0n) is 17.3. The lowest BCUT2D eigenvalue weighted by Gasteiger charge is -2.15. The van der Waals surface area contributed by atoms with Gasteiger partial charge in [0.05, 0.1) is 32.0 Å². The van der Waals surface area contributed by atoms with Gasteiger partial charge >= 0.3 is 5.97 Å². The molecule has 0 aliphatic carbocycles. The van der Waals surface area contributed by atoms with Gasteiger partial charge in [-0.3, -0.25) is 9.48 Å². The summed E-state index contributed by atoms with van der Waals surface area (Å²) in [6.07, 6.45) is 1.80. The summed E-state index contributed by atoms with van der Waals surface area (Å²) in [5.74, 6) is -0.256. The smallest absolute Gasteiger partial charge is 0.337 e. The van der Waals surface area contributed by atoms with Crippen LogP contribution in [0.25, 0.3) is 0 Å². The highest BCUT2D eigenvalue weighted by molar-refractivity contribution is 6.08. The Morgan fingerprint density at radius 3 is 2.63 bits per heavy atom. The van der Waals surface area contributed by atoms with E-state index in [0.717, 1.165) is 17.8 Å². The molecule has 30 heavy (non-hydrogen) atoms. The summed E-state index contributed by atoms with van der Waals surface area (Å²) in [4.78, 5) is 26.0. The first kappa shape index (κ1) is 21.4. The molecule has 1 aliphatic heterocycles. The molecule has 0 atom stereocenters. The Balaban J connectivity index is 1.68. The number of benzene rings is 1. The second-order valence-corrected chi connectivity index (χ2v) is 6.80. The maximum absolute atomic E-state index is 12.6. The van der Waals surface area contributed by atoms with E-state index in [9.17, 15) is 9.59 Å². The minimum atomic E-state index is -0.575. The molecule has 1 aliphatic rings. The Labute approximate surface area is 174 Å². The van der Waals surface area contributed by atoms with Crippen LogP contribution in [0.4, 0.5) is 5.69 Å². The number of aliphatic hydroxyl groups is 1. The first-order chi connectivity index (χ1) is 14.5. The van der Waals surface area contributed by atoms with Crippen LogP contribution in [0.2, 0.25) is 0 Å². The van der Waals surface area contributed by atoms with Crippen molar-refractivity contribution in [1.82, 2.24) is 14.7 Å². The third-order valence-electron chi connectivity index (χ3n) is 4.98. The van der Waals surface area contributed by atoms with Crippen LogP contribution in [0.5, 0.6) is 5.75 Å². The second kappa shape index (κ2) is 9.45. The lowest BCUT2D eigenvalue weighted by Crippen LogP contribution is -2.31. The standard InChI is InChI=1S/C21H26N4O5/c1-4-25-14(2)15(11-22-25)13-30-17-7-5-16(6-8-17)23-19-18(21(28)29-3)12-24(9-10-26)20(19)27/h5-8,11,23,26H,4,9-10,12-13H2,1-3H3. The van der Waals surface area contributed by atoms with Gasteiger partial charge in [-0.15, -0.1) is 0 Å². The summed E-state index contributed by atoms with van der Waals surface area (Å²) >= 11 is 0. The molecule has 0 bridgehead atoms. The van der Waals surface area contributed by atoms with E-state index in [4.69, 9.17) is 14.6 Å². The van der Waals surface area contributed by atoms with Crippen LogP contribution in [-0.2, 0) is 27.5 Å². The fourth-order valence-electron chi connectivity index (χ4n) is 3.23. The molecule has 9 heteroatoms. The molecular weight excluding hydrogens is 388 g/mol. The molecule has 0 fully saturated rings. The summed E-state index contributed by atoms with van der Waals surface area (Å²) < 4.78 is 12.5. The molecule has 9 nitrogen and oxygen atoms in total. The van der Waals surface area contributed by atoms with Crippen molar-refractivity contribution in [2.45, 2.75) is 27.0 Å². The fraction of sp³-hybridized carbons (Fsp3) is 0.381. The maximum Gasteiger partial charge on any atom is 0.337 e. The van der Waals surface area contributed by atoms with Crippen LogP contribution in [0.1, 0.15) is 18.2 Å². The van der Waals surface area contributed by atoms with Crippen LogP contribution < -0.4 is 10.1 Å². The van der Waals surface area contributed by atoms with Gasteiger partial charge in [0.2, 0.25) is 0 Å². The van der Waals surface area contributed by atoms with Gasteiger partial charge in [-0.2, -0.15) is 5.10 Å². The average molecular weight is 414 g/mol. The summed E-state index contributed by atoms with van der Waals surface area (Å²) in [6.45, 7) is 5.32. The van der Waals surface area contributed by atoms with Gasteiger partial charge in [0, 0.05) is 30.0 Å². The van der Waals surface area contributed by atoms with E-state index in [-0.39, 0.29) is 36.9 Å². The van der Waals surface area contributed by atoms with Crippen molar-refractivity contribution in [1.29, 1.82) is 0 Å². The summed E-state index contributed by atoms with van der Waals surface area (Å²) in [7, 11) is 1.27. The number of ether oxygens (including phenoxy) is 2. The number of nitrogens with zero attached hydrogens (tertiary/aromatic N) is 3. The summed E-state index contributed by atoms with van der Waals surface area (Å²) in [5.41, 5.74) is 3.12. The Bertz CT molecular complexity index is 949. The van der Waals surface area contributed by atoms with E-state index < -0.39 is 5.97 Å². The van der Waals surface area contributed by atoms with Crippen molar-refractivity contribution in [3.05, 3.63) is 53.0 Å². The monoisotopic (exact) mass is 414 g/mol. The fourth-order valence-corrected chi connectivity index (χ4v) is 3.23. The Morgan fingerprint density at radius 2 is 2.03 bits per heavy atom. The van der Waals surface area contributed by atoms with Gasteiger partial charge in [-0.25, -0.2) is 4.79 Å². The van der Waals surface area contributed by atoms with E-state index in [1.807, 2.05) is 18.5 Å². The maximum atomic E-state index is 12.6. The predicted molar refractivity (Wildman–Crippen MR) is 110 cm³/mol. The minimum absolute atomic E-state index is 0.0976. The summed E-state index contributed by atoms with van der Waals surface area (Å²) in [5, 5.41) is 16.4. The topological polar surface area (TPSA) is 106 Å². The molecule has 3 rings (SSSR count). The molecule has 0 radical (unpaired) electrons. The van der Waals surface area contributed by atoms with Crippen molar-refractivity contribution >= 4 is 17.6 Å². The highest BCUT2D eigenvalue weighted by atomic mass is 16.5. The van der Waals surface area contributed by atoms with Crippen LogP contribution in [-0.4, -0.2) is 58.5 Å². The van der Waals surface area contributed by atoms with Crippen LogP contribution >= 0.6 is 0 Å². The molecule has 2 aromatic rings. The average Bonchev–Trinajstić information content (AvgIpc) is 3.27. The minimum Gasteiger partial charge on any atom is -0.489 e. The highest BCUT2D eigenvalue weighted by Crippen LogP contribution is 2.24. The molecule has 0 saturated carbocycles. The Hall–Kier alpha value is -3.33. The number of nitrogens with one attached hydrogen (secondary N) is 1. The number of aromatic nitrogens is 2. The number of esters is 1. The number of anilines is 1. The van der Waals surface area contributed by atoms with Gasteiger partial charge in [0.1, 0.15) is 18.1 Å². The number of hydrogen-bond acceptors (Lipinski definition) is 7. The van der Waals surface area contributed by atoms with Crippen molar-refractivity contribution in [3.63, 3.8) is 0 Å². The molecule has 2 heterocycles. The van der Waals surface area contributed by atoms with Crippen LogP contribution in [0.3, 0.4) is 0 Å². The van der Waals surface area contributed by atoms with Crippen molar-refractivity contribution in [3.8, 4) is 5.75 Å². The molecule has 0 unspecified atom stereocenters. The van der Waals surface area contributed by atoms with Gasteiger partial charge < -0.3 is 24.8 Å². The van der Waals surface area contributed by atoms with Crippen LogP contribution in [0.15, 0.2) is 41.7 Å². The number of carbonyl (C=O) groups is 2. The second-order valence-electron chi connectivity index (χ2n) is 6.80. The SMILES string of the molecule is CCn1ncc(COc2ccc(NC3=C(C(=O)OC)CN(CCO)C3=O)cc2)c1C. The number of aliphatic hydroxyl groups excluding tert-OH is 1. The van der Waals surface area contributed by atoms with Crippen LogP contribution in [0, 0.1) is 6.92 Å². The van der Waals surface area contributed by atoms with E-state index in [2.05, 4.69) is 10.4 Å². The zero-order valence-corrected chi connectivity index (χ0v) is 17.3. The molecule has 160 valence electrons. The van der Waals surface area contributed by atoms with E-state index in [1.54, 1.807) is 30.5 Å². The molecular formula is C21H26N4O5. The number of rotatable bonds is 9. The third kappa shape index (κ3) is 4.46. The molecule has 1 aromatic heterocycles. The Morgan fingerprint density at radius 1 is 1.30 bits per heavy atom. The third-order valence-corrected chi connectivity index (χ3v) is 4.98. The predicted octanol–water partition coefficient (Wildman–Crippen LogP) is 1.46. The van der Waals surface area contributed by atoms with Gasteiger partial charge in [0.25, 0.3) is 5.91 Å². The molecule has 1 amide bonds. The van der Waals surface area contributed by atoms with Gasteiger partial charge in [-0.05, 0) is 38.1 Å². The van der Waals surface area contributed by atoms with E-state index in [0.29, 0.717) is 18.0 Å². The molecule has 2 N–H and O–H groups in total. The van der Waals surface area contributed by atoms with E-state index in [1.165, 1.54) is 12.0 Å². The number of hydrogen-bond donors (Lipinski definition) is 2. The number of amides is 1. The highest BCUT2D eigenvalue weighted by Gasteiger charge is 2.34. The lowest BCUT2D eigenvalue weighted by molar-refractivity contribution is -0.136. The number of aryl methyl sites for hydroxylation is 1. The number of methoxy groups -OCH3 is 1. The van der Waals surface area contributed by atoms with Gasteiger partial charge in [0.15, 0.2) is 0 Å². The molecule has 1 aromatic carbocycles. The zero-order chi connectivity index (χ0) is 21.7. The van der Waals surface area contributed by atoms with Crippen molar-refractivity contribution < 1.29 is 24.2 Å².